The number of pyridine rings is 1. The number of rotatable bonds is 8. The Morgan fingerprint density at radius 3 is 2.31 bits per heavy atom. The van der Waals surface area contributed by atoms with E-state index in [-0.39, 0.29) is 5.56 Å². The van der Waals surface area contributed by atoms with Crippen molar-refractivity contribution >= 4 is 10.9 Å². The number of aromatic amines is 1. The van der Waals surface area contributed by atoms with E-state index in [0.29, 0.717) is 6.54 Å². The topological polar surface area (TPSA) is 48.1 Å². The summed E-state index contributed by atoms with van der Waals surface area (Å²) >= 11 is 0. The Morgan fingerprint density at radius 1 is 0.885 bits per heavy atom. The number of H-pyrrole nitrogens is 1. The third kappa shape index (κ3) is 4.40. The minimum Gasteiger partial charge on any atom is -0.322 e. The van der Waals surface area contributed by atoms with Gasteiger partial charge in [-0.05, 0) is 41.7 Å². The molecule has 3 aromatic rings. The lowest BCUT2D eigenvalue weighted by Gasteiger charge is -2.20. The van der Waals surface area contributed by atoms with Crippen LogP contribution in [0.2, 0.25) is 0 Å². The molecule has 1 aromatic heterocycles. The third-order valence-corrected chi connectivity index (χ3v) is 4.87. The molecule has 0 saturated heterocycles. The van der Waals surface area contributed by atoms with Gasteiger partial charge in [0.1, 0.15) is 0 Å². The number of aromatic nitrogens is 1. The van der Waals surface area contributed by atoms with Gasteiger partial charge >= 0.3 is 0 Å². The molecule has 0 aliphatic rings. The largest absolute Gasteiger partial charge is 0.322 e. The number of fused-ring (bicyclic) bond motifs is 1. The molecule has 0 unspecified atom stereocenters. The fraction of sp³-hybridized carbons (Fsp3) is 0.318. The average Bonchev–Trinajstić information content (AvgIpc) is 2.67. The SMILES string of the molecule is CCN(CC)Cc1ccccc1CNCc1cc2ccccc2[nH]c1=O. The Labute approximate surface area is 154 Å². The maximum absolute atomic E-state index is 12.3. The quantitative estimate of drug-likeness (QED) is 0.652. The molecule has 4 nitrogen and oxygen atoms in total. The summed E-state index contributed by atoms with van der Waals surface area (Å²) in [7, 11) is 0. The zero-order valence-electron chi connectivity index (χ0n) is 15.6. The van der Waals surface area contributed by atoms with E-state index in [1.165, 1.54) is 11.1 Å². The van der Waals surface area contributed by atoms with Crippen LogP contribution in [-0.2, 0) is 19.6 Å². The van der Waals surface area contributed by atoms with Crippen LogP contribution in [0.15, 0.2) is 59.4 Å². The summed E-state index contributed by atoms with van der Waals surface area (Å²) in [5.74, 6) is 0. The molecule has 2 N–H and O–H groups in total. The molecule has 0 aliphatic heterocycles. The molecule has 0 amide bonds. The Morgan fingerprint density at radius 2 is 1.54 bits per heavy atom. The molecule has 0 fully saturated rings. The summed E-state index contributed by atoms with van der Waals surface area (Å²) in [6, 6.07) is 18.4. The summed E-state index contributed by atoms with van der Waals surface area (Å²) in [4.78, 5) is 17.6. The van der Waals surface area contributed by atoms with Crippen LogP contribution in [0.5, 0.6) is 0 Å². The Hall–Kier alpha value is -2.43. The molecule has 0 atom stereocenters. The molecule has 0 bridgehead atoms. The van der Waals surface area contributed by atoms with Crippen molar-refractivity contribution in [1.29, 1.82) is 0 Å². The summed E-state index contributed by atoms with van der Waals surface area (Å²) in [5, 5.41) is 4.50. The highest BCUT2D eigenvalue weighted by Crippen LogP contribution is 2.13. The van der Waals surface area contributed by atoms with Gasteiger partial charge in [-0.3, -0.25) is 9.69 Å². The highest BCUT2D eigenvalue weighted by atomic mass is 16.1. The van der Waals surface area contributed by atoms with Gasteiger partial charge in [-0.2, -0.15) is 0 Å². The molecule has 0 saturated carbocycles. The Kier molecular flexibility index (Phi) is 6.21. The predicted molar refractivity (Wildman–Crippen MR) is 108 cm³/mol. The van der Waals surface area contributed by atoms with Gasteiger partial charge in [0.2, 0.25) is 0 Å². The maximum atomic E-state index is 12.3. The van der Waals surface area contributed by atoms with Crippen LogP contribution in [0.4, 0.5) is 0 Å². The van der Waals surface area contributed by atoms with E-state index in [9.17, 15) is 4.79 Å². The summed E-state index contributed by atoms with van der Waals surface area (Å²) < 4.78 is 0. The van der Waals surface area contributed by atoms with Gasteiger partial charge in [-0.25, -0.2) is 0 Å². The zero-order valence-corrected chi connectivity index (χ0v) is 15.6. The first-order chi connectivity index (χ1) is 12.7. The third-order valence-electron chi connectivity index (χ3n) is 4.87. The number of hydrogen-bond acceptors (Lipinski definition) is 3. The lowest BCUT2D eigenvalue weighted by molar-refractivity contribution is 0.294. The van der Waals surface area contributed by atoms with Crippen molar-refractivity contribution in [3.8, 4) is 0 Å². The normalized spacial score (nSPS) is 11.3. The van der Waals surface area contributed by atoms with Crippen molar-refractivity contribution in [2.75, 3.05) is 13.1 Å². The molecular weight excluding hydrogens is 322 g/mol. The number of para-hydroxylation sites is 1. The van der Waals surface area contributed by atoms with E-state index in [1.807, 2.05) is 30.3 Å². The first-order valence-corrected chi connectivity index (χ1v) is 9.32. The molecule has 2 aromatic carbocycles. The average molecular weight is 349 g/mol. The van der Waals surface area contributed by atoms with Crippen molar-refractivity contribution in [3.63, 3.8) is 0 Å². The number of nitrogens with one attached hydrogen (secondary N) is 2. The van der Waals surface area contributed by atoms with E-state index < -0.39 is 0 Å². The second-order valence-electron chi connectivity index (χ2n) is 6.54. The van der Waals surface area contributed by atoms with E-state index in [1.54, 1.807) is 0 Å². The minimum atomic E-state index is -0.0207. The second kappa shape index (κ2) is 8.79. The number of nitrogens with zero attached hydrogens (tertiary/aromatic N) is 1. The van der Waals surface area contributed by atoms with Crippen LogP contribution in [-0.4, -0.2) is 23.0 Å². The van der Waals surface area contributed by atoms with Crippen LogP contribution in [0.1, 0.15) is 30.5 Å². The minimum absolute atomic E-state index is 0.0207. The monoisotopic (exact) mass is 349 g/mol. The summed E-state index contributed by atoms with van der Waals surface area (Å²) in [5.41, 5.74) is 4.26. The van der Waals surface area contributed by atoms with Gasteiger partial charge in [0.15, 0.2) is 0 Å². The lowest BCUT2D eigenvalue weighted by atomic mass is 10.1. The number of benzene rings is 2. The molecule has 136 valence electrons. The molecular formula is C22H27N3O. The van der Waals surface area contributed by atoms with Gasteiger partial charge in [-0.1, -0.05) is 56.3 Å². The van der Waals surface area contributed by atoms with Gasteiger partial charge in [0, 0.05) is 30.7 Å². The molecule has 4 heteroatoms. The lowest BCUT2D eigenvalue weighted by Crippen LogP contribution is -2.24. The van der Waals surface area contributed by atoms with Crippen LogP contribution >= 0.6 is 0 Å². The van der Waals surface area contributed by atoms with Crippen molar-refractivity contribution in [2.24, 2.45) is 0 Å². The smallest absolute Gasteiger partial charge is 0.252 e. The van der Waals surface area contributed by atoms with Crippen LogP contribution in [0.3, 0.4) is 0 Å². The summed E-state index contributed by atoms with van der Waals surface area (Å²) in [6.45, 7) is 8.74. The van der Waals surface area contributed by atoms with Crippen molar-refractivity contribution < 1.29 is 0 Å². The molecule has 0 spiro atoms. The molecule has 1 heterocycles. The molecule has 0 aliphatic carbocycles. The van der Waals surface area contributed by atoms with Crippen molar-refractivity contribution in [2.45, 2.75) is 33.5 Å². The molecule has 26 heavy (non-hydrogen) atoms. The second-order valence-corrected chi connectivity index (χ2v) is 6.54. The predicted octanol–water partition coefficient (Wildman–Crippen LogP) is 3.66. The van der Waals surface area contributed by atoms with E-state index in [2.05, 4.69) is 53.3 Å². The first kappa shape index (κ1) is 18.4. The van der Waals surface area contributed by atoms with Gasteiger partial charge in [0.05, 0.1) is 0 Å². The van der Waals surface area contributed by atoms with Gasteiger partial charge in [-0.15, -0.1) is 0 Å². The van der Waals surface area contributed by atoms with Crippen LogP contribution < -0.4 is 10.9 Å². The first-order valence-electron chi connectivity index (χ1n) is 9.32. The van der Waals surface area contributed by atoms with E-state index >= 15 is 0 Å². The van der Waals surface area contributed by atoms with Crippen molar-refractivity contribution in [3.05, 3.63) is 81.6 Å². The Bertz CT molecular complexity index is 912. The van der Waals surface area contributed by atoms with Crippen molar-refractivity contribution in [1.82, 2.24) is 15.2 Å². The Balaban J connectivity index is 1.69. The highest BCUT2D eigenvalue weighted by molar-refractivity contribution is 5.78. The van der Waals surface area contributed by atoms with Gasteiger partial charge in [0.25, 0.3) is 5.56 Å². The standard InChI is InChI=1S/C22H27N3O/c1-3-25(4-2)16-19-11-6-5-10-18(19)14-23-15-20-13-17-9-7-8-12-21(17)24-22(20)26/h5-13,23H,3-4,14-16H2,1-2H3,(H,24,26). The fourth-order valence-corrected chi connectivity index (χ4v) is 3.23. The van der Waals surface area contributed by atoms with Gasteiger partial charge < -0.3 is 10.3 Å². The zero-order chi connectivity index (χ0) is 18.4. The summed E-state index contributed by atoms with van der Waals surface area (Å²) in [6.07, 6.45) is 0. The van der Waals surface area contributed by atoms with Crippen LogP contribution in [0, 0.1) is 0 Å². The van der Waals surface area contributed by atoms with E-state index in [0.717, 1.165) is 42.6 Å². The van der Waals surface area contributed by atoms with Crippen LogP contribution in [0.25, 0.3) is 10.9 Å². The number of hydrogen-bond donors (Lipinski definition) is 2. The fourth-order valence-electron chi connectivity index (χ4n) is 3.23. The highest BCUT2D eigenvalue weighted by Gasteiger charge is 2.07. The molecule has 0 radical (unpaired) electrons. The maximum Gasteiger partial charge on any atom is 0.252 e. The molecule has 3 rings (SSSR count). The van der Waals surface area contributed by atoms with E-state index in [4.69, 9.17) is 0 Å².